The zero-order chi connectivity index (χ0) is 17.0. The van der Waals surface area contributed by atoms with Gasteiger partial charge in [-0.1, -0.05) is 95.6 Å². The number of esters is 1. The van der Waals surface area contributed by atoms with E-state index in [0.29, 0.717) is 0 Å². The minimum absolute atomic E-state index is 0.439. The Hall–Kier alpha value is -1.57. The van der Waals surface area contributed by atoms with E-state index in [1.807, 2.05) is 18.2 Å². The van der Waals surface area contributed by atoms with Crippen molar-refractivity contribution in [1.29, 1.82) is 0 Å². The Bertz CT molecular complexity index is 364. The molecule has 0 saturated carbocycles. The van der Waals surface area contributed by atoms with Crippen molar-refractivity contribution in [1.82, 2.24) is 0 Å². The maximum Gasteiger partial charge on any atom is 0.334 e. The van der Waals surface area contributed by atoms with Crippen LogP contribution >= 0.6 is 0 Å². The van der Waals surface area contributed by atoms with E-state index in [1.165, 1.54) is 70.5 Å². The van der Waals surface area contributed by atoms with E-state index in [9.17, 15) is 4.79 Å². The van der Waals surface area contributed by atoms with Crippen LogP contribution in [0.3, 0.4) is 0 Å². The predicted octanol–water partition coefficient (Wildman–Crippen LogP) is 6.65. The number of hydrogen-bond donors (Lipinski definition) is 0. The first-order valence-electron chi connectivity index (χ1n) is 9.12. The van der Waals surface area contributed by atoms with E-state index >= 15 is 0 Å². The smallest absolute Gasteiger partial charge is 0.334 e. The van der Waals surface area contributed by atoms with Gasteiger partial charge in [0.25, 0.3) is 0 Å². The summed E-state index contributed by atoms with van der Waals surface area (Å²) in [7, 11) is 0. The Morgan fingerprint density at radius 1 is 0.826 bits per heavy atom. The van der Waals surface area contributed by atoms with E-state index in [-0.39, 0.29) is 0 Å². The molecule has 0 aromatic carbocycles. The van der Waals surface area contributed by atoms with Crippen LogP contribution in [0.1, 0.15) is 77.6 Å². The van der Waals surface area contributed by atoms with Crippen molar-refractivity contribution in [2.75, 3.05) is 0 Å². The number of unbranched alkanes of at least 4 members (excludes halogenated alkanes) is 10. The summed E-state index contributed by atoms with van der Waals surface area (Å²) in [4.78, 5) is 10.7. The van der Waals surface area contributed by atoms with Gasteiger partial charge in [-0.15, -0.1) is 0 Å². The van der Waals surface area contributed by atoms with Gasteiger partial charge in [-0.25, -0.2) is 4.79 Å². The summed E-state index contributed by atoms with van der Waals surface area (Å²) in [5.74, 6) is -0.439. The van der Waals surface area contributed by atoms with Gasteiger partial charge in [0.05, 0.1) is 6.26 Å². The lowest BCUT2D eigenvalue weighted by molar-refractivity contribution is -0.132. The molecule has 0 spiro atoms. The second-order valence-corrected chi connectivity index (χ2v) is 5.75. The predicted molar refractivity (Wildman–Crippen MR) is 100 cm³/mol. The van der Waals surface area contributed by atoms with E-state index in [2.05, 4.69) is 19.6 Å². The summed E-state index contributed by atoms with van der Waals surface area (Å²) in [5, 5.41) is 0. The van der Waals surface area contributed by atoms with Crippen LogP contribution in [0.25, 0.3) is 0 Å². The first-order chi connectivity index (χ1) is 11.3. The number of carbonyl (C=O) groups is 1. The van der Waals surface area contributed by atoms with Gasteiger partial charge in [-0.05, 0) is 18.9 Å². The quantitative estimate of drug-likeness (QED) is 0.111. The number of ether oxygens (including phenoxy) is 1. The van der Waals surface area contributed by atoms with Gasteiger partial charge >= 0.3 is 5.97 Å². The van der Waals surface area contributed by atoms with Crippen LogP contribution in [0.5, 0.6) is 0 Å². The van der Waals surface area contributed by atoms with Crippen molar-refractivity contribution in [3.05, 3.63) is 49.3 Å². The molecule has 0 aliphatic carbocycles. The van der Waals surface area contributed by atoms with Crippen LogP contribution < -0.4 is 0 Å². The van der Waals surface area contributed by atoms with Crippen molar-refractivity contribution in [3.8, 4) is 0 Å². The Morgan fingerprint density at radius 3 is 2.00 bits per heavy atom. The highest BCUT2D eigenvalue weighted by Crippen LogP contribution is 2.11. The molecule has 2 heteroatoms. The number of allylic oxidation sites excluding steroid dienone is 5. The third-order valence-electron chi connectivity index (χ3n) is 3.62. The molecule has 0 fully saturated rings. The first kappa shape index (κ1) is 21.4. The molecule has 0 aromatic heterocycles. The lowest BCUT2D eigenvalue weighted by atomic mass is 10.1. The molecule has 0 amide bonds. The molecule has 0 rings (SSSR count). The molecule has 0 bridgehead atoms. The van der Waals surface area contributed by atoms with E-state index in [1.54, 1.807) is 6.08 Å². The Labute approximate surface area is 143 Å². The molecule has 2 nitrogen and oxygen atoms in total. The van der Waals surface area contributed by atoms with Crippen LogP contribution in [0, 0.1) is 0 Å². The Balaban J connectivity index is 3.31. The lowest BCUT2D eigenvalue weighted by Crippen LogP contribution is -1.91. The third kappa shape index (κ3) is 18.4. The zero-order valence-electron chi connectivity index (χ0n) is 14.8. The highest BCUT2D eigenvalue weighted by molar-refractivity contribution is 5.81. The summed E-state index contributed by atoms with van der Waals surface area (Å²) in [6.07, 6.45) is 27.1. The topological polar surface area (TPSA) is 26.3 Å². The molecule has 0 aromatic rings. The third-order valence-corrected chi connectivity index (χ3v) is 3.62. The molecular formula is C21H34O2. The maximum atomic E-state index is 10.7. The lowest BCUT2D eigenvalue weighted by Gasteiger charge is -2.01. The molecule has 0 N–H and O–H groups in total. The minimum atomic E-state index is -0.439. The molecular weight excluding hydrogens is 284 g/mol. The average molecular weight is 319 g/mol. The fourth-order valence-corrected chi connectivity index (χ4v) is 2.25. The summed E-state index contributed by atoms with van der Waals surface area (Å²) in [6, 6.07) is 0. The molecule has 0 saturated heterocycles. The summed E-state index contributed by atoms with van der Waals surface area (Å²) < 4.78 is 4.70. The maximum absolute atomic E-state index is 10.7. The van der Waals surface area contributed by atoms with Gasteiger partial charge in [0, 0.05) is 6.08 Å². The zero-order valence-corrected chi connectivity index (χ0v) is 14.8. The van der Waals surface area contributed by atoms with Gasteiger partial charge in [-0.2, -0.15) is 0 Å². The number of carbonyl (C=O) groups excluding carboxylic acids is 1. The Kier molecular flexibility index (Phi) is 17.2. The Morgan fingerprint density at radius 2 is 1.39 bits per heavy atom. The molecule has 0 unspecified atom stereocenters. The van der Waals surface area contributed by atoms with Gasteiger partial charge in [-0.3, -0.25) is 0 Å². The van der Waals surface area contributed by atoms with Crippen LogP contribution in [-0.2, 0) is 9.53 Å². The van der Waals surface area contributed by atoms with Crippen LogP contribution in [-0.4, -0.2) is 5.97 Å². The van der Waals surface area contributed by atoms with E-state index < -0.39 is 5.97 Å². The molecule has 0 atom stereocenters. The van der Waals surface area contributed by atoms with Gasteiger partial charge in [0.1, 0.15) is 0 Å². The van der Waals surface area contributed by atoms with E-state index in [0.717, 1.165) is 12.5 Å². The van der Waals surface area contributed by atoms with Gasteiger partial charge in [0.15, 0.2) is 0 Å². The van der Waals surface area contributed by atoms with Crippen LogP contribution in [0.2, 0.25) is 0 Å². The van der Waals surface area contributed by atoms with Crippen molar-refractivity contribution in [3.63, 3.8) is 0 Å². The second kappa shape index (κ2) is 18.5. The normalized spacial score (nSPS) is 11.7. The summed E-state index contributed by atoms with van der Waals surface area (Å²) in [5.41, 5.74) is 0. The summed E-state index contributed by atoms with van der Waals surface area (Å²) >= 11 is 0. The fourth-order valence-electron chi connectivity index (χ4n) is 2.25. The molecule has 23 heavy (non-hydrogen) atoms. The number of hydrogen-bond acceptors (Lipinski definition) is 2. The molecule has 0 radical (unpaired) electrons. The van der Waals surface area contributed by atoms with Crippen molar-refractivity contribution < 1.29 is 9.53 Å². The monoisotopic (exact) mass is 318 g/mol. The van der Waals surface area contributed by atoms with Crippen LogP contribution in [0.4, 0.5) is 0 Å². The fraction of sp³-hybridized carbons (Fsp3) is 0.571. The number of rotatable bonds is 15. The molecule has 130 valence electrons. The molecule has 0 heterocycles. The minimum Gasteiger partial charge on any atom is -0.431 e. The van der Waals surface area contributed by atoms with Crippen molar-refractivity contribution in [2.24, 2.45) is 0 Å². The van der Waals surface area contributed by atoms with Gasteiger partial charge < -0.3 is 4.74 Å². The van der Waals surface area contributed by atoms with Gasteiger partial charge in [0.2, 0.25) is 0 Å². The first-order valence-corrected chi connectivity index (χ1v) is 9.12. The molecule has 0 aliphatic rings. The van der Waals surface area contributed by atoms with E-state index in [4.69, 9.17) is 4.74 Å². The highest BCUT2D eigenvalue weighted by atomic mass is 16.5. The highest BCUT2D eigenvalue weighted by Gasteiger charge is 1.91. The second-order valence-electron chi connectivity index (χ2n) is 5.75. The summed E-state index contributed by atoms with van der Waals surface area (Å²) in [6.45, 7) is 5.58. The standard InChI is InChI=1S/C21H34O2/c1-3-5-6-7-8-9-10-11-12-13-14-15-16-17-18-19-20-23-21(22)4-2/h4,15-20H,2-3,5-14H2,1H3. The van der Waals surface area contributed by atoms with Crippen molar-refractivity contribution >= 4 is 5.97 Å². The SMILES string of the molecule is C=CC(=O)OC=CC=CC=CCCCCCCCCCCCC. The van der Waals surface area contributed by atoms with Crippen LogP contribution in [0.15, 0.2) is 49.3 Å². The largest absolute Gasteiger partial charge is 0.431 e. The molecule has 0 aliphatic heterocycles. The van der Waals surface area contributed by atoms with Crippen molar-refractivity contribution in [2.45, 2.75) is 77.6 Å². The average Bonchev–Trinajstić information content (AvgIpc) is 2.57.